The first-order chi connectivity index (χ1) is 6.72. The lowest BCUT2D eigenvalue weighted by molar-refractivity contribution is 0.0592. The minimum absolute atomic E-state index is 0.0407. The fraction of sp³-hybridized carbons (Fsp3) is 0.444. The number of carbonyl (C=O) groups excluding carboxylic acids is 2. The molecule has 14 heavy (non-hydrogen) atoms. The minimum Gasteiger partial charge on any atom is -0.464 e. The van der Waals surface area contributed by atoms with E-state index >= 15 is 0 Å². The molecule has 2 heterocycles. The Balaban J connectivity index is 2.40. The molecule has 1 aromatic heterocycles. The van der Waals surface area contributed by atoms with Crippen LogP contribution in [-0.2, 0) is 11.3 Å². The molecule has 5 heteroatoms. The lowest BCUT2D eigenvalue weighted by Gasteiger charge is -2.10. The average molecular weight is 194 g/mol. The predicted molar refractivity (Wildman–Crippen MR) is 47.1 cm³/mol. The molecule has 0 atom stereocenters. The Morgan fingerprint density at radius 3 is 3.07 bits per heavy atom. The van der Waals surface area contributed by atoms with Crippen molar-refractivity contribution in [1.29, 1.82) is 0 Å². The SMILES string of the molecule is COC(=O)c1cc2n(n1)CCCC2=O. The maximum absolute atomic E-state index is 11.4. The number of esters is 1. The molecule has 0 fully saturated rings. The van der Waals surface area contributed by atoms with E-state index in [1.165, 1.54) is 13.2 Å². The van der Waals surface area contributed by atoms with Gasteiger partial charge < -0.3 is 4.74 Å². The van der Waals surface area contributed by atoms with Gasteiger partial charge in [0.2, 0.25) is 0 Å². The number of hydrogen-bond donors (Lipinski definition) is 0. The van der Waals surface area contributed by atoms with E-state index in [4.69, 9.17) is 0 Å². The molecule has 2 rings (SSSR count). The number of rotatable bonds is 1. The fourth-order valence-corrected chi connectivity index (χ4v) is 1.53. The zero-order chi connectivity index (χ0) is 10.1. The number of hydrogen-bond acceptors (Lipinski definition) is 4. The summed E-state index contributed by atoms with van der Waals surface area (Å²) in [7, 11) is 1.29. The van der Waals surface area contributed by atoms with E-state index in [0.29, 0.717) is 18.7 Å². The molecule has 0 amide bonds. The molecule has 74 valence electrons. The number of aryl methyl sites for hydroxylation is 1. The minimum atomic E-state index is -0.500. The maximum atomic E-state index is 11.4. The molecule has 1 aromatic rings. The van der Waals surface area contributed by atoms with Crippen molar-refractivity contribution < 1.29 is 14.3 Å². The standard InChI is InChI=1S/C9H10N2O3/c1-14-9(13)6-5-7-8(12)3-2-4-11(7)10-6/h5H,2-4H2,1H3. The number of Topliss-reactive ketones (excluding diaryl/α,β-unsaturated/α-hetero) is 1. The van der Waals surface area contributed by atoms with Gasteiger partial charge in [-0.3, -0.25) is 9.48 Å². The Labute approximate surface area is 80.7 Å². The first-order valence-corrected chi connectivity index (χ1v) is 4.41. The largest absolute Gasteiger partial charge is 0.464 e. The van der Waals surface area contributed by atoms with Crippen molar-refractivity contribution in [2.24, 2.45) is 0 Å². The highest BCUT2D eigenvalue weighted by molar-refractivity contribution is 5.97. The van der Waals surface area contributed by atoms with E-state index in [1.54, 1.807) is 4.68 Å². The maximum Gasteiger partial charge on any atom is 0.358 e. The van der Waals surface area contributed by atoms with Crippen LogP contribution in [-0.4, -0.2) is 28.6 Å². The van der Waals surface area contributed by atoms with E-state index in [1.807, 2.05) is 0 Å². The smallest absolute Gasteiger partial charge is 0.358 e. The second kappa shape index (κ2) is 3.25. The summed E-state index contributed by atoms with van der Waals surface area (Å²) >= 11 is 0. The number of fused-ring (bicyclic) bond motifs is 1. The van der Waals surface area contributed by atoms with Gasteiger partial charge in [0.05, 0.1) is 7.11 Å². The summed E-state index contributed by atoms with van der Waals surface area (Å²) in [5, 5.41) is 3.99. The van der Waals surface area contributed by atoms with Crippen molar-refractivity contribution in [3.63, 3.8) is 0 Å². The van der Waals surface area contributed by atoms with Crippen molar-refractivity contribution in [2.45, 2.75) is 19.4 Å². The van der Waals surface area contributed by atoms with Crippen molar-refractivity contribution >= 4 is 11.8 Å². The molecule has 0 radical (unpaired) electrons. The molecule has 0 bridgehead atoms. The Bertz CT molecular complexity index is 395. The Morgan fingerprint density at radius 2 is 2.43 bits per heavy atom. The molecular formula is C9H10N2O3. The monoisotopic (exact) mass is 194 g/mol. The highest BCUT2D eigenvalue weighted by Crippen LogP contribution is 2.15. The van der Waals surface area contributed by atoms with E-state index < -0.39 is 5.97 Å². The molecule has 1 aliphatic rings. The molecule has 1 aliphatic heterocycles. The van der Waals surface area contributed by atoms with Crippen LogP contribution in [0.4, 0.5) is 0 Å². The van der Waals surface area contributed by atoms with Crippen LogP contribution in [0.5, 0.6) is 0 Å². The molecule has 0 spiro atoms. The number of methoxy groups -OCH3 is 1. The second-order valence-corrected chi connectivity index (χ2v) is 3.16. The van der Waals surface area contributed by atoms with Gasteiger partial charge in [-0.1, -0.05) is 0 Å². The molecule has 0 saturated carbocycles. The topological polar surface area (TPSA) is 61.2 Å². The Morgan fingerprint density at radius 1 is 1.64 bits per heavy atom. The number of nitrogens with zero attached hydrogens (tertiary/aromatic N) is 2. The summed E-state index contributed by atoms with van der Waals surface area (Å²) < 4.78 is 6.09. The highest BCUT2D eigenvalue weighted by Gasteiger charge is 2.22. The molecule has 0 saturated heterocycles. The lowest BCUT2D eigenvalue weighted by atomic mass is 10.1. The van der Waals surface area contributed by atoms with Crippen LogP contribution in [0.3, 0.4) is 0 Å². The van der Waals surface area contributed by atoms with E-state index in [0.717, 1.165) is 6.42 Å². The van der Waals surface area contributed by atoms with Crippen LogP contribution >= 0.6 is 0 Å². The summed E-state index contributed by atoms with van der Waals surface area (Å²) in [6, 6.07) is 1.49. The van der Waals surface area contributed by atoms with Gasteiger partial charge in [-0.25, -0.2) is 4.79 Å². The van der Waals surface area contributed by atoms with Crippen molar-refractivity contribution in [2.75, 3.05) is 7.11 Å². The van der Waals surface area contributed by atoms with Gasteiger partial charge in [-0.2, -0.15) is 5.10 Å². The number of ether oxygens (including phenoxy) is 1. The van der Waals surface area contributed by atoms with Crippen LogP contribution in [0.1, 0.15) is 33.8 Å². The van der Waals surface area contributed by atoms with Gasteiger partial charge in [0.25, 0.3) is 0 Å². The zero-order valence-electron chi connectivity index (χ0n) is 7.82. The van der Waals surface area contributed by atoms with Gasteiger partial charge in [0, 0.05) is 19.0 Å². The van der Waals surface area contributed by atoms with Gasteiger partial charge in [0.1, 0.15) is 5.69 Å². The second-order valence-electron chi connectivity index (χ2n) is 3.16. The van der Waals surface area contributed by atoms with E-state index in [-0.39, 0.29) is 11.5 Å². The fourth-order valence-electron chi connectivity index (χ4n) is 1.53. The lowest BCUT2D eigenvalue weighted by Crippen LogP contribution is -2.17. The van der Waals surface area contributed by atoms with E-state index in [2.05, 4.69) is 9.84 Å². The van der Waals surface area contributed by atoms with Crippen molar-refractivity contribution in [3.05, 3.63) is 17.5 Å². The molecule has 0 aromatic carbocycles. The Hall–Kier alpha value is -1.65. The predicted octanol–water partition coefficient (Wildman–Crippen LogP) is 0.646. The van der Waals surface area contributed by atoms with Gasteiger partial charge in [-0.05, 0) is 6.42 Å². The number of aromatic nitrogens is 2. The van der Waals surface area contributed by atoms with Gasteiger partial charge in [-0.15, -0.1) is 0 Å². The third kappa shape index (κ3) is 1.30. The molecule has 0 unspecified atom stereocenters. The molecule has 0 N–H and O–H groups in total. The van der Waals surface area contributed by atoms with Crippen LogP contribution in [0, 0.1) is 0 Å². The van der Waals surface area contributed by atoms with E-state index in [9.17, 15) is 9.59 Å². The van der Waals surface area contributed by atoms with Crippen molar-refractivity contribution in [3.8, 4) is 0 Å². The Kier molecular flexibility index (Phi) is 2.07. The first kappa shape index (κ1) is 8.93. The van der Waals surface area contributed by atoms with Gasteiger partial charge in [0.15, 0.2) is 11.5 Å². The third-order valence-corrected chi connectivity index (χ3v) is 2.23. The number of carbonyl (C=O) groups is 2. The summed E-state index contributed by atoms with van der Waals surface area (Å²) in [5.74, 6) is -0.460. The van der Waals surface area contributed by atoms with Crippen LogP contribution in [0.2, 0.25) is 0 Å². The first-order valence-electron chi connectivity index (χ1n) is 4.41. The quantitative estimate of drug-likeness (QED) is 0.616. The average Bonchev–Trinajstić information content (AvgIpc) is 2.62. The zero-order valence-corrected chi connectivity index (χ0v) is 7.82. The molecule has 5 nitrogen and oxygen atoms in total. The summed E-state index contributed by atoms with van der Waals surface area (Å²) in [6.07, 6.45) is 1.32. The summed E-state index contributed by atoms with van der Waals surface area (Å²) in [4.78, 5) is 22.5. The highest BCUT2D eigenvalue weighted by atomic mass is 16.5. The van der Waals surface area contributed by atoms with Crippen LogP contribution in [0.25, 0.3) is 0 Å². The number of ketones is 1. The molecule has 0 aliphatic carbocycles. The van der Waals surface area contributed by atoms with Crippen molar-refractivity contribution in [1.82, 2.24) is 9.78 Å². The normalized spacial score (nSPS) is 15.1. The van der Waals surface area contributed by atoms with Crippen LogP contribution in [0.15, 0.2) is 6.07 Å². The van der Waals surface area contributed by atoms with Gasteiger partial charge >= 0.3 is 5.97 Å². The van der Waals surface area contributed by atoms with Crippen LogP contribution < -0.4 is 0 Å². The summed E-state index contributed by atoms with van der Waals surface area (Å²) in [5.41, 5.74) is 0.717. The third-order valence-electron chi connectivity index (χ3n) is 2.23. The summed E-state index contributed by atoms with van der Waals surface area (Å²) in [6.45, 7) is 0.693. The molecular weight excluding hydrogens is 184 g/mol.